The Balaban J connectivity index is 1.35. The van der Waals surface area contributed by atoms with Crippen LogP contribution in [0.15, 0.2) is 48.0 Å². The van der Waals surface area contributed by atoms with E-state index < -0.39 is 0 Å². The number of carbonyl (C=O) groups is 1. The molecule has 2 aromatic heterocycles. The normalized spacial score (nSPS) is 15.6. The van der Waals surface area contributed by atoms with Crippen molar-refractivity contribution in [1.29, 1.82) is 0 Å². The molecule has 28 heavy (non-hydrogen) atoms. The fourth-order valence-corrected chi connectivity index (χ4v) is 4.12. The van der Waals surface area contributed by atoms with Gasteiger partial charge in [0.15, 0.2) is 0 Å². The summed E-state index contributed by atoms with van der Waals surface area (Å²) in [5, 5.41) is 11.9. The standard InChI is InChI=1S/C21H25N5OS/c1-25-8-10-26(11-9-25)15-16-4-6-18(7-5-16)23-21(27)20-17(14-22-24-20)13-19-3-2-12-28-19/h2-7,12,14H,8-11,13,15H2,1H3,(H,22,24)(H,23,27). The molecular weight excluding hydrogens is 370 g/mol. The Labute approximate surface area is 169 Å². The molecule has 2 N–H and O–H groups in total. The number of hydrogen-bond acceptors (Lipinski definition) is 5. The average Bonchev–Trinajstić information content (AvgIpc) is 3.38. The van der Waals surface area contributed by atoms with Crippen LogP contribution in [-0.4, -0.2) is 59.1 Å². The number of likely N-dealkylation sites (N-methyl/N-ethyl adjacent to an activating group) is 1. The molecule has 0 aliphatic carbocycles. The minimum atomic E-state index is -0.157. The first-order chi connectivity index (χ1) is 13.7. The number of anilines is 1. The van der Waals surface area contributed by atoms with Gasteiger partial charge >= 0.3 is 0 Å². The van der Waals surface area contributed by atoms with E-state index in [1.165, 1.54) is 10.4 Å². The Hall–Kier alpha value is -2.48. The number of thiophene rings is 1. The molecule has 0 saturated carbocycles. The van der Waals surface area contributed by atoms with Gasteiger partial charge in [0, 0.05) is 55.3 Å². The van der Waals surface area contributed by atoms with E-state index in [2.05, 4.69) is 50.6 Å². The summed E-state index contributed by atoms with van der Waals surface area (Å²) >= 11 is 1.68. The van der Waals surface area contributed by atoms with Crippen LogP contribution in [0, 0.1) is 0 Å². The van der Waals surface area contributed by atoms with Crippen molar-refractivity contribution in [3.05, 3.63) is 69.7 Å². The number of nitrogens with zero attached hydrogens (tertiary/aromatic N) is 3. The number of rotatable bonds is 6. The van der Waals surface area contributed by atoms with E-state index in [-0.39, 0.29) is 5.91 Å². The van der Waals surface area contributed by atoms with Crippen LogP contribution in [0.4, 0.5) is 5.69 Å². The minimum absolute atomic E-state index is 0.157. The van der Waals surface area contributed by atoms with Crippen LogP contribution < -0.4 is 5.32 Å². The number of hydrogen-bond donors (Lipinski definition) is 2. The second-order valence-electron chi connectivity index (χ2n) is 7.26. The van der Waals surface area contributed by atoms with Crippen LogP contribution in [-0.2, 0) is 13.0 Å². The van der Waals surface area contributed by atoms with E-state index in [0.29, 0.717) is 12.1 Å². The highest BCUT2D eigenvalue weighted by molar-refractivity contribution is 7.09. The number of carbonyl (C=O) groups excluding carboxylic acids is 1. The van der Waals surface area contributed by atoms with Gasteiger partial charge in [-0.3, -0.25) is 14.8 Å². The van der Waals surface area contributed by atoms with Gasteiger partial charge < -0.3 is 10.2 Å². The van der Waals surface area contributed by atoms with Crippen LogP contribution in [0.1, 0.15) is 26.5 Å². The summed E-state index contributed by atoms with van der Waals surface area (Å²) in [6, 6.07) is 12.2. The van der Waals surface area contributed by atoms with Crippen LogP contribution in [0.25, 0.3) is 0 Å². The van der Waals surface area contributed by atoms with E-state index >= 15 is 0 Å². The topological polar surface area (TPSA) is 64.3 Å². The number of benzene rings is 1. The molecule has 0 atom stereocenters. The predicted octanol–water partition coefficient (Wildman–Crippen LogP) is 3.06. The minimum Gasteiger partial charge on any atom is -0.321 e. The zero-order valence-corrected chi connectivity index (χ0v) is 16.8. The molecule has 4 rings (SSSR count). The maximum Gasteiger partial charge on any atom is 0.273 e. The van der Waals surface area contributed by atoms with Gasteiger partial charge in [0.25, 0.3) is 5.91 Å². The third-order valence-electron chi connectivity index (χ3n) is 5.10. The molecule has 3 heterocycles. The molecule has 1 aliphatic rings. The van der Waals surface area contributed by atoms with E-state index in [4.69, 9.17) is 0 Å². The highest BCUT2D eigenvalue weighted by atomic mass is 32.1. The van der Waals surface area contributed by atoms with Crippen molar-refractivity contribution < 1.29 is 4.79 Å². The molecule has 1 aliphatic heterocycles. The largest absolute Gasteiger partial charge is 0.321 e. The van der Waals surface area contributed by atoms with Gasteiger partial charge in [0.1, 0.15) is 5.69 Å². The molecule has 3 aromatic rings. The summed E-state index contributed by atoms with van der Waals surface area (Å²) in [7, 11) is 2.17. The second-order valence-corrected chi connectivity index (χ2v) is 8.29. The Morgan fingerprint density at radius 1 is 1.18 bits per heavy atom. The summed E-state index contributed by atoms with van der Waals surface area (Å²) in [5.74, 6) is -0.157. The fourth-order valence-electron chi connectivity index (χ4n) is 3.39. The van der Waals surface area contributed by atoms with E-state index in [9.17, 15) is 4.79 Å². The van der Waals surface area contributed by atoms with Crippen LogP contribution in [0.2, 0.25) is 0 Å². The van der Waals surface area contributed by atoms with Crippen LogP contribution in [0.3, 0.4) is 0 Å². The lowest BCUT2D eigenvalue weighted by atomic mass is 10.1. The first-order valence-corrected chi connectivity index (χ1v) is 10.4. The Bertz CT molecular complexity index is 895. The van der Waals surface area contributed by atoms with E-state index in [0.717, 1.165) is 44.0 Å². The molecule has 1 fully saturated rings. The maximum absolute atomic E-state index is 12.7. The lowest BCUT2D eigenvalue weighted by Gasteiger charge is -2.32. The van der Waals surface area contributed by atoms with Gasteiger partial charge in [-0.05, 0) is 36.2 Å². The summed E-state index contributed by atoms with van der Waals surface area (Å²) in [5.41, 5.74) is 3.49. The van der Waals surface area contributed by atoms with Crippen molar-refractivity contribution in [2.75, 3.05) is 38.5 Å². The Morgan fingerprint density at radius 2 is 1.96 bits per heavy atom. The predicted molar refractivity (Wildman–Crippen MR) is 113 cm³/mol. The van der Waals surface area contributed by atoms with Gasteiger partial charge in [-0.2, -0.15) is 5.10 Å². The summed E-state index contributed by atoms with van der Waals surface area (Å²) in [4.78, 5) is 18.7. The molecule has 0 unspecified atom stereocenters. The molecule has 1 amide bonds. The monoisotopic (exact) mass is 395 g/mol. The second kappa shape index (κ2) is 8.68. The first-order valence-electron chi connectivity index (χ1n) is 9.53. The maximum atomic E-state index is 12.7. The lowest BCUT2D eigenvalue weighted by Crippen LogP contribution is -2.43. The van der Waals surface area contributed by atoms with E-state index in [1.807, 2.05) is 23.6 Å². The summed E-state index contributed by atoms with van der Waals surface area (Å²) in [6.07, 6.45) is 2.44. The number of amides is 1. The van der Waals surface area contributed by atoms with Crippen molar-refractivity contribution >= 4 is 22.9 Å². The summed E-state index contributed by atoms with van der Waals surface area (Å²) < 4.78 is 0. The third-order valence-corrected chi connectivity index (χ3v) is 5.98. The van der Waals surface area contributed by atoms with Gasteiger partial charge in [-0.1, -0.05) is 18.2 Å². The third kappa shape index (κ3) is 4.67. The SMILES string of the molecule is CN1CCN(Cc2ccc(NC(=O)c3[nH]ncc3Cc3cccs3)cc2)CC1. The van der Waals surface area contributed by atoms with E-state index in [1.54, 1.807) is 17.5 Å². The fraction of sp³-hybridized carbons (Fsp3) is 0.333. The molecule has 0 radical (unpaired) electrons. The first kappa shape index (κ1) is 18.9. The smallest absolute Gasteiger partial charge is 0.273 e. The highest BCUT2D eigenvalue weighted by Gasteiger charge is 2.16. The number of nitrogens with one attached hydrogen (secondary N) is 2. The molecular formula is C21H25N5OS. The number of piperazine rings is 1. The van der Waals surface area contributed by atoms with Crippen LogP contribution in [0.5, 0.6) is 0 Å². The molecule has 1 saturated heterocycles. The summed E-state index contributed by atoms with van der Waals surface area (Å²) in [6.45, 7) is 5.38. The van der Waals surface area contributed by atoms with Crippen molar-refractivity contribution in [3.63, 3.8) is 0 Å². The lowest BCUT2D eigenvalue weighted by molar-refractivity contribution is 0.102. The van der Waals surface area contributed by atoms with Gasteiger partial charge in [0.2, 0.25) is 0 Å². The quantitative estimate of drug-likeness (QED) is 0.673. The molecule has 7 heteroatoms. The molecule has 1 aromatic carbocycles. The molecule has 6 nitrogen and oxygen atoms in total. The van der Waals surface area contributed by atoms with Gasteiger partial charge in [-0.15, -0.1) is 11.3 Å². The van der Waals surface area contributed by atoms with Gasteiger partial charge in [-0.25, -0.2) is 0 Å². The van der Waals surface area contributed by atoms with Crippen molar-refractivity contribution in [3.8, 4) is 0 Å². The molecule has 0 spiro atoms. The van der Waals surface area contributed by atoms with Gasteiger partial charge in [0.05, 0.1) is 6.20 Å². The Kier molecular flexibility index (Phi) is 5.85. The number of aromatic nitrogens is 2. The highest BCUT2D eigenvalue weighted by Crippen LogP contribution is 2.18. The van der Waals surface area contributed by atoms with Crippen molar-refractivity contribution in [1.82, 2.24) is 20.0 Å². The van der Waals surface area contributed by atoms with Crippen molar-refractivity contribution in [2.24, 2.45) is 0 Å². The average molecular weight is 396 g/mol. The zero-order chi connectivity index (χ0) is 19.3. The molecule has 0 bridgehead atoms. The van der Waals surface area contributed by atoms with Crippen LogP contribution >= 0.6 is 11.3 Å². The number of aromatic amines is 1. The molecule has 146 valence electrons. The Morgan fingerprint density at radius 3 is 2.68 bits per heavy atom. The van der Waals surface area contributed by atoms with Crippen molar-refractivity contribution in [2.45, 2.75) is 13.0 Å². The zero-order valence-electron chi connectivity index (χ0n) is 16.0. The number of H-pyrrole nitrogens is 1.